The van der Waals surface area contributed by atoms with E-state index < -0.39 is 0 Å². The highest BCUT2D eigenvalue weighted by molar-refractivity contribution is 7.15. The van der Waals surface area contributed by atoms with Crippen LogP contribution in [0.1, 0.15) is 19.0 Å². The van der Waals surface area contributed by atoms with Crippen LogP contribution in [0.4, 0.5) is 10.8 Å². The smallest absolute Gasteiger partial charge is 0.149 e. The minimum absolute atomic E-state index is 0.602. The van der Waals surface area contributed by atoms with Crippen molar-refractivity contribution in [2.45, 2.75) is 20.3 Å². The van der Waals surface area contributed by atoms with Gasteiger partial charge in [0.05, 0.1) is 5.56 Å². The van der Waals surface area contributed by atoms with E-state index in [1.54, 1.807) is 11.3 Å². The molecule has 0 bridgehead atoms. The van der Waals surface area contributed by atoms with Crippen LogP contribution < -0.4 is 10.6 Å². The first-order valence-corrected chi connectivity index (χ1v) is 8.10. The Balaban J connectivity index is 1.89. The average molecular weight is 294 g/mol. The van der Waals surface area contributed by atoms with Crippen LogP contribution in [0.5, 0.6) is 0 Å². The van der Waals surface area contributed by atoms with E-state index in [0.717, 1.165) is 39.6 Å². The second kappa shape index (κ2) is 4.76. The molecule has 0 spiro atoms. The second-order valence-corrected chi connectivity index (χ2v) is 7.01. The summed E-state index contributed by atoms with van der Waals surface area (Å²) < 4.78 is 4.31. The normalized spacial score (nSPS) is 21.6. The topological polar surface area (TPSA) is 55.0 Å². The van der Waals surface area contributed by atoms with Gasteiger partial charge >= 0.3 is 0 Å². The Bertz CT molecular complexity index is 589. The Kier molecular flexibility index (Phi) is 3.22. The van der Waals surface area contributed by atoms with Gasteiger partial charge in [-0.2, -0.15) is 4.37 Å². The highest BCUT2D eigenvalue weighted by Gasteiger charge is 2.34. The molecule has 102 valence electrons. The lowest BCUT2D eigenvalue weighted by molar-refractivity contribution is 0.729. The van der Waals surface area contributed by atoms with E-state index in [0.29, 0.717) is 5.82 Å². The number of anilines is 2. The fraction of sp³-hybridized carbons (Fsp3) is 0.538. The number of rotatable bonds is 4. The van der Waals surface area contributed by atoms with Crippen molar-refractivity contribution in [3.63, 3.8) is 0 Å². The molecule has 3 rings (SSSR count). The third-order valence-corrected chi connectivity index (χ3v) is 5.62. The number of thiazole rings is 1. The summed E-state index contributed by atoms with van der Waals surface area (Å²) in [6.45, 7) is 5.40. The van der Waals surface area contributed by atoms with E-state index in [2.05, 4.69) is 33.6 Å². The van der Waals surface area contributed by atoms with Crippen molar-refractivity contribution in [3.8, 4) is 10.6 Å². The SMILES string of the molecule is Cc1csc(-c2c(N)nsc2N(C)CC2CC2C)n1. The van der Waals surface area contributed by atoms with Gasteiger partial charge in [-0.3, -0.25) is 0 Å². The molecule has 1 aliphatic carbocycles. The van der Waals surface area contributed by atoms with E-state index in [1.165, 1.54) is 18.0 Å². The van der Waals surface area contributed by atoms with Crippen LogP contribution in [0.2, 0.25) is 0 Å². The fourth-order valence-electron chi connectivity index (χ4n) is 2.31. The van der Waals surface area contributed by atoms with Crippen molar-refractivity contribution in [3.05, 3.63) is 11.1 Å². The number of nitrogens with zero attached hydrogens (tertiary/aromatic N) is 3. The maximum Gasteiger partial charge on any atom is 0.149 e. The van der Waals surface area contributed by atoms with E-state index in [1.807, 2.05) is 6.92 Å². The van der Waals surface area contributed by atoms with Gasteiger partial charge in [0.2, 0.25) is 0 Å². The first kappa shape index (κ1) is 12.9. The van der Waals surface area contributed by atoms with Crippen molar-refractivity contribution in [1.29, 1.82) is 0 Å². The number of nitrogen functional groups attached to an aromatic ring is 1. The summed E-state index contributed by atoms with van der Waals surface area (Å²) >= 11 is 3.11. The summed E-state index contributed by atoms with van der Waals surface area (Å²) in [5.41, 5.74) is 8.08. The fourth-order valence-corrected chi connectivity index (χ4v) is 4.01. The maximum atomic E-state index is 6.03. The van der Waals surface area contributed by atoms with Crippen LogP contribution in [0.25, 0.3) is 10.6 Å². The molecule has 0 radical (unpaired) electrons. The van der Waals surface area contributed by atoms with Gasteiger partial charge in [-0.25, -0.2) is 4.98 Å². The second-order valence-electron chi connectivity index (χ2n) is 5.40. The third kappa shape index (κ3) is 2.47. The molecule has 0 saturated heterocycles. The van der Waals surface area contributed by atoms with Gasteiger partial charge in [0.1, 0.15) is 15.8 Å². The number of hydrogen-bond acceptors (Lipinski definition) is 6. The monoisotopic (exact) mass is 294 g/mol. The summed E-state index contributed by atoms with van der Waals surface area (Å²) in [5.74, 6) is 2.28. The molecule has 2 atom stereocenters. The molecule has 0 amide bonds. The molecule has 1 fully saturated rings. The number of aromatic nitrogens is 2. The standard InChI is InChI=1S/C13H18N4S2/c1-7-4-9(7)5-17(3)13-10(11(14)16-19-13)12-15-8(2)6-18-12/h6-7,9H,4-5H2,1-3H3,(H2,14,16). The summed E-state index contributed by atoms with van der Waals surface area (Å²) in [6, 6.07) is 0. The molecule has 2 aromatic rings. The summed E-state index contributed by atoms with van der Waals surface area (Å²) in [4.78, 5) is 6.83. The van der Waals surface area contributed by atoms with E-state index in [9.17, 15) is 0 Å². The van der Waals surface area contributed by atoms with Gasteiger partial charge in [-0.15, -0.1) is 11.3 Å². The molecule has 1 aliphatic rings. The molecular formula is C13H18N4S2. The molecule has 0 aliphatic heterocycles. The highest BCUT2D eigenvalue weighted by Crippen LogP contribution is 2.43. The van der Waals surface area contributed by atoms with Gasteiger partial charge in [0.25, 0.3) is 0 Å². The lowest BCUT2D eigenvalue weighted by Crippen LogP contribution is -2.20. The zero-order chi connectivity index (χ0) is 13.6. The highest BCUT2D eigenvalue weighted by atomic mass is 32.1. The van der Waals surface area contributed by atoms with Crippen molar-refractivity contribution in [2.75, 3.05) is 24.2 Å². The third-order valence-electron chi connectivity index (χ3n) is 3.66. The Hall–Kier alpha value is -1.14. The molecule has 19 heavy (non-hydrogen) atoms. The van der Waals surface area contributed by atoms with Crippen LogP contribution in [0.15, 0.2) is 5.38 Å². The summed E-state index contributed by atoms with van der Waals surface area (Å²) in [5, 5.41) is 4.18. The van der Waals surface area contributed by atoms with Gasteiger partial charge in [0, 0.05) is 24.7 Å². The molecule has 2 heterocycles. The zero-order valence-electron chi connectivity index (χ0n) is 11.4. The minimum Gasteiger partial charge on any atom is -0.382 e. The molecular weight excluding hydrogens is 276 g/mol. The largest absolute Gasteiger partial charge is 0.382 e. The molecule has 1 saturated carbocycles. The molecule has 6 heteroatoms. The summed E-state index contributed by atoms with van der Waals surface area (Å²) in [7, 11) is 2.13. The van der Waals surface area contributed by atoms with Crippen molar-refractivity contribution in [1.82, 2.24) is 9.36 Å². The van der Waals surface area contributed by atoms with Gasteiger partial charge in [0.15, 0.2) is 0 Å². The van der Waals surface area contributed by atoms with Gasteiger partial charge in [-0.05, 0) is 36.7 Å². The minimum atomic E-state index is 0.602. The number of nitrogens with two attached hydrogens (primary N) is 1. The molecule has 2 unspecified atom stereocenters. The maximum absolute atomic E-state index is 6.03. The van der Waals surface area contributed by atoms with Crippen LogP contribution in [0.3, 0.4) is 0 Å². The van der Waals surface area contributed by atoms with Crippen LogP contribution >= 0.6 is 22.9 Å². The van der Waals surface area contributed by atoms with Crippen LogP contribution in [-0.2, 0) is 0 Å². The van der Waals surface area contributed by atoms with Crippen LogP contribution in [0, 0.1) is 18.8 Å². The summed E-state index contributed by atoms with van der Waals surface area (Å²) in [6.07, 6.45) is 1.34. The van der Waals surface area contributed by atoms with E-state index in [4.69, 9.17) is 5.73 Å². The first-order valence-electron chi connectivity index (χ1n) is 6.45. The van der Waals surface area contributed by atoms with Gasteiger partial charge < -0.3 is 10.6 Å². The van der Waals surface area contributed by atoms with Gasteiger partial charge in [-0.1, -0.05) is 6.92 Å². The predicted molar refractivity (Wildman–Crippen MR) is 82.9 cm³/mol. The molecule has 0 aromatic carbocycles. The first-order chi connectivity index (χ1) is 9.06. The zero-order valence-corrected chi connectivity index (χ0v) is 13.0. The molecule has 2 N–H and O–H groups in total. The number of hydrogen-bond donors (Lipinski definition) is 1. The van der Waals surface area contributed by atoms with Crippen LogP contribution in [-0.4, -0.2) is 22.9 Å². The lowest BCUT2D eigenvalue weighted by atomic mass is 10.3. The average Bonchev–Trinajstić information content (AvgIpc) is 2.78. The van der Waals surface area contributed by atoms with E-state index >= 15 is 0 Å². The predicted octanol–water partition coefficient (Wildman–Crippen LogP) is 3.25. The quantitative estimate of drug-likeness (QED) is 0.940. The van der Waals surface area contributed by atoms with Crippen molar-refractivity contribution in [2.24, 2.45) is 11.8 Å². The Morgan fingerprint density at radius 3 is 2.84 bits per heavy atom. The Morgan fingerprint density at radius 2 is 2.26 bits per heavy atom. The Labute approximate surface area is 121 Å². The number of aryl methyl sites for hydroxylation is 1. The molecule has 4 nitrogen and oxygen atoms in total. The van der Waals surface area contributed by atoms with Crippen molar-refractivity contribution < 1.29 is 0 Å². The Morgan fingerprint density at radius 1 is 1.53 bits per heavy atom. The van der Waals surface area contributed by atoms with E-state index in [-0.39, 0.29) is 0 Å². The lowest BCUT2D eigenvalue weighted by Gasteiger charge is -2.17. The van der Waals surface area contributed by atoms with Crippen molar-refractivity contribution >= 4 is 33.7 Å². The molecule has 2 aromatic heterocycles.